The molecule has 5 nitrogen and oxygen atoms in total. The van der Waals surface area contributed by atoms with Crippen molar-refractivity contribution in [1.29, 1.82) is 0 Å². The van der Waals surface area contributed by atoms with Gasteiger partial charge in [0.05, 0.1) is 6.10 Å². The molecule has 0 amide bonds. The maximum absolute atomic E-state index is 5.82. The van der Waals surface area contributed by atoms with Crippen LogP contribution in [-0.2, 0) is 11.5 Å². The predicted octanol–water partition coefficient (Wildman–Crippen LogP) is 2.65. The number of hydrogen-bond donors (Lipinski definition) is 0. The highest BCUT2D eigenvalue weighted by molar-refractivity contribution is 5.52. The molecule has 2 aromatic rings. The Morgan fingerprint density at radius 1 is 1.11 bits per heavy atom. The van der Waals surface area contributed by atoms with Crippen molar-refractivity contribution in [3.63, 3.8) is 0 Å². The van der Waals surface area contributed by atoms with E-state index in [-0.39, 0.29) is 0 Å². The van der Waals surface area contributed by atoms with Crippen molar-refractivity contribution in [2.75, 3.05) is 0 Å². The van der Waals surface area contributed by atoms with Crippen LogP contribution in [0.1, 0.15) is 32.1 Å². The highest BCUT2D eigenvalue weighted by Gasteiger charge is 2.14. The van der Waals surface area contributed by atoms with Crippen LogP contribution < -0.4 is 0 Å². The first-order valence-corrected chi connectivity index (χ1v) is 6.86. The summed E-state index contributed by atoms with van der Waals surface area (Å²) < 4.78 is 5.82. The van der Waals surface area contributed by atoms with E-state index in [4.69, 9.17) is 4.74 Å². The van der Waals surface area contributed by atoms with E-state index in [2.05, 4.69) is 15.4 Å². The maximum Gasteiger partial charge on any atom is 0.205 e. The Hall–Kier alpha value is -1.75. The number of ether oxygens (including phenoxy) is 1. The lowest BCUT2D eigenvalue weighted by Crippen LogP contribution is -2.19. The van der Waals surface area contributed by atoms with Gasteiger partial charge in [0.1, 0.15) is 0 Å². The monoisotopic (exact) mass is 258 g/mol. The maximum atomic E-state index is 5.82. The van der Waals surface area contributed by atoms with Gasteiger partial charge in [0, 0.05) is 5.56 Å². The van der Waals surface area contributed by atoms with Crippen LogP contribution >= 0.6 is 0 Å². The summed E-state index contributed by atoms with van der Waals surface area (Å²) >= 11 is 0. The molecule has 1 aliphatic rings. The average molecular weight is 258 g/mol. The fourth-order valence-corrected chi connectivity index (χ4v) is 2.40. The summed E-state index contributed by atoms with van der Waals surface area (Å²) in [6.07, 6.45) is 6.54. The molecule has 0 radical (unpaired) electrons. The summed E-state index contributed by atoms with van der Waals surface area (Å²) in [5.74, 6) is 0.646. The third-order valence-electron chi connectivity index (χ3n) is 3.46. The number of rotatable bonds is 4. The van der Waals surface area contributed by atoms with Crippen molar-refractivity contribution in [1.82, 2.24) is 20.2 Å². The lowest BCUT2D eigenvalue weighted by Gasteiger charge is -2.21. The molecule has 0 N–H and O–H groups in total. The van der Waals surface area contributed by atoms with Gasteiger partial charge in [-0.1, -0.05) is 49.6 Å². The van der Waals surface area contributed by atoms with Gasteiger partial charge in [-0.05, 0) is 18.1 Å². The molecule has 1 aromatic carbocycles. The van der Waals surface area contributed by atoms with E-state index in [1.165, 1.54) is 24.1 Å². The van der Waals surface area contributed by atoms with E-state index in [1.807, 2.05) is 30.3 Å². The van der Waals surface area contributed by atoms with Gasteiger partial charge in [-0.3, -0.25) is 0 Å². The highest BCUT2D eigenvalue weighted by atomic mass is 16.5. The number of hydrogen-bond acceptors (Lipinski definition) is 4. The zero-order chi connectivity index (χ0) is 12.9. The van der Waals surface area contributed by atoms with Crippen LogP contribution in [0.3, 0.4) is 0 Å². The molecule has 3 rings (SSSR count). The van der Waals surface area contributed by atoms with Gasteiger partial charge in [-0.25, -0.2) is 0 Å². The normalized spacial score (nSPS) is 16.6. The SMILES string of the molecule is c1ccc(-c2nnn(COC3CCCCC3)n2)cc1. The fraction of sp³-hybridized carbons (Fsp3) is 0.500. The topological polar surface area (TPSA) is 52.8 Å². The Morgan fingerprint density at radius 2 is 1.89 bits per heavy atom. The molecular formula is C14H18N4O. The van der Waals surface area contributed by atoms with E-state index in [0.29, 0.717) is 18.7 Å². The first-order chi connectivity index (χ1) is 9.42. The minimum absolute atomic E-state index is 0.361. The molecule has 0 saturated heterocycles. The lowest BCUT2D eigenvalue weighted by atomic mass is 9.98. The third-order valence-corrected chi connectivity index (χ3v) is 3.46. The lowest BCUT2D eigenvalue weighted by molar-refractivity contribution is -0.0242. The molecule has 100 valence electrons. The Morgan fingerprint density at radius 3 is 2.68 bits per heavy atom. The van der Waals surface area contributed by atoms with Crippen LogP contribution in [0.15, 0.2) is 30.3 Å². The Bertz CT molecular complexity index is 505. The molecule has 0 unspecified atom stereocenters. The van der Waals surface area contributed by atoms with Crippen LogP contribution in [0.25, 0.3) is 11.4 Å². The molecule has 1 heterocycles. The highest BCUT2D eigenvalue weighted by Crippen LogP contribution is 2.20. The van der Waals surface area contributed by atoms with Gasteiger partial charge < -0.3 is 4.74 Å². The largest absolute Gasteiger partial charge is 0.354 e. The summed E-state index contributed by atoms with van der Waals surface area (Å²) in [6, 6.07) is 9.86. The molecule has 1 saturated carbocycles. The standard InChI is InChI=1S/C14H18N4O/c1-3-7-12(8-4-1)14-15-17-18(16-14)11-19-13-9-5-2-6-10-13/h1,3-4,7-8,13H,2,5-6,9-11H2. The minimum Gasteiger partial charge on any atom is -0.354 e. The Labute approximate surface area is 112 Å². The second-order valence-corrected chi connectivity index (χ2v) is 4.91. The van der Waals surface area contributed by atoms with Crippen molar-refractivity contribution in [3.8, 4) is 11.4 Å². The molecule has 1 fully saturated rings. The molecule has 1 aliphatic carbocycles. The fourth-order valence-electron chi connectivity index (χ4n) is 2.40. The van der Waals surface area contributed by atoms with E-state index < -0.39 is 0 Å². The van der Waals surface area contributed by atoms with Crippen molar-refractivity contribution in [2.45, 2.75) is 44.9 Å². The zero-order valence-electron chi connectivity index (χ0n) is 10.9. The molecule has 19 heavy (non-hydrogen) atoms. The molecule has 5 heteroatoms. The Balaban J connectivity index is 1.59. The summed E-state index contributed by atoms with van der Waals surface area (Å²) in [4.78, 5) is 1.52. The van der Waals surface area contributed by atoms with Gasteiger partial charge in [0.15, 0.2) is 6.73 Å². The molecule has 0 bridgehead atoms. The summed E-state index contributed by atoms with van der Waals surface area (Å²) in [7, 11) is 0. The van der Waals surface area contributed by atoms with Crippen LogP contribution in [0.5, 0.6) is 0 Å². The van der Waals surface area contributed by atoms with Crippen molar-refractivity contribution in [2.24, 2.45) is 0 Å². The molecular weight excluding hydrogens is 240 g/mol. The third kappa shape index (κ3) is 3.17. The quantitative estimate of drug-likeness (QED) is 0.846. The number of nitrogens with zero attached hydrogens (tertiary/aromatic N) is 4. The smallest absolute Gasteiger partial charge is 0.205 e. The molecule has 0 spiro atoms. The molecule has 0 atom stereocenters. The van der Waals surface area contributed by atoms with Gasteiger partial charge in [-0.2, -0.15) is 0 Å². The second-order valence-electron chi connectivity index (χ2n) is 4.91. The minimum atomic E-state index is 0.361. The average Bonchev–Trinajstić information content (AvgIpc) is 2.96. The van der Waals surface area contributed by atoms with E-state index in [0.717, 1.165) is 18.4 Å². The van der Waals surface area contributed by atoms with E-state index >= 15 is 0 Å². The number of tetrazole rings is 1. The van der Waals surface area contributed by atoms with E-state index in [1.54, 1.807) is 0 Å². The van der Waals surface area contributed by atoms with Gasteiger partial charge in [0.2, 0.25) is 5.82 Å². The first kappa shape index (κ1) is 12.3. The Kier molecular flexibility index (Phi) is 3.83. The van der Waals surface area contributed by atoms with Crippen LogP contribution in [0.4, 0.5) is 0 Å². The second kappa shape index (κ2) is 5.93. The predicted molar refractivity (Wildman–Crippen MR) is 71.2 cm³/mol. The summed E-state index contributed by atoms with van der Waals surface area (Å²) in [5.41, 5.74) is 0.978. The van der Waals surface area contributed by atoms with Crippen LogP contribution in [0.2, 0.25) is 0 Å². The molecule has 1 aromatic heterocycles. The van der Waals surface area contributed by atoms with Crippen molar-refractivity contribution < 1.29 is 4.74 Å². The van der Waals surface area contributed by atoms with Gasteiger partial charge in [0.25, 0.3) is 0 Å². The van der Waals surface area contributed by atoms with Gasteiger partial charge in [-0.15, -0.1) is 15.0 Å². The van der Waals surface area contributed by atoms with Crippen molar-refractivity contribution in [3.05, 3.63) is 30.3 Å². The van der Waals surface area contributed by atoms with Crippen molar-refractivity contribution >= 4 is 0 Å². The van der Waals surface area contributed by atoms with E-state index in [9.17, 15) is 0 Å². The van der Waals surface area contributed by atoms with Gasteiger partial charge >= 0.3 is 0 Å². The van der Waals surface area contributed by atoms with Crippen LogP contribution in [0, 0.1) is 0 Å². The first-order valence-electron chi connectivity index (χ1n) is 6.86. The zero-order valence-corrected chi connectivity index (χ0v) is 10.9. The summed E-state index contributed by atoms with van der Waals surface area (Å²) in [5, 5.41) is 12.4. The number of benzene rings is 1. The number of aromatic nitrogens is 4. The molecule has 0 aliphatic heterocycles. The van der Waals surface area contributed by atoms with Crippen LogP contribution in [-0.4, -0.2) is 26.3 Å². The summed E-state index contributed by atoms with van der Waals surface area (Å²) in [6.45, 7) is 0.393.